The minimum Gasteiger partial charge on any atom is -0.342 e. The van der Waals surface area contributed by atoms with Crippen LogP contribution < -0.4 is 0 Å². The highest BCUT2D eigenvalue weighted by molar-refractivity contribution is 5.76. The van der Waals surface area contributed by atoms with Crippen molar-refractivity contribution in [3.05, 3.63) is 35.5 Å². The number of hydrogen-bond donors (Lipinski definition) is 0. The number of amides is 1. The molecule has 1 amide bonds. The molecule has 0 bridgehead atoms. The Kier molecular flexibility index (Phi) is 5.40. The number of nitrogens with zero attached hydrogens (tertiary/aromatic N) is 5. The van der Waals surface area contributed by atoms with Crippen molar-refractivity contribution < 1.29 is 9.32 Å². The number of hydrogen-bond acceptors (Lipinski definition) is 6. The number of rotatable bonds is 5. The van der Waals surface area contributed by atoms with Gasteiger partial charge in [-0.2, -0.15) is 4.98 Å². The number of carbonyl (C=O) groups is 1. The van der Waals surface area contributed by atoms with Crippen LogP contribution in [0.25, 0.3) is 0 Å². The molecule has 1 saturated heterocycles. The lowest BCUT2D eigenvalue weighted by atomic mass is 9.94. The molecule has 2 aromatic rings. The summed E-state index contributed by atoms with van der Waals surface area (Å²) in [4.78, 5) is 27.5. The van der Waals surface area contributed by atoms with Crippen LogP contribution >= 0.6 is 0 Å². The maximum atomic E-state index is 12.6. The van der Waals surface area contributed by atoms with Crippen LogP contribution in [0.15, 0.2) is 16.8 Å². The summed E-state index contributed by atoms with van der Waals surface area (Å²) in [5, 5.41) is 3.94. The predicted molar refractivity (Wildman–Crippen MR) is 92.0 cm³/mol. The van der Waals surface area contributed by atoms with Gasteiger partial charge in [0.15, 0.2) is 5.82 Å². The van der Waals surface area contributed by atoms with E-state index in [0.717, 1.165) is 37.4 Å². The van der Waals surface area contributed by atoms with E-state index in [9.17, 15) is 4.79 Å². The smallest absolute Gasteiger partial charge is 0.227 e. The molecule has 3 rings (SSSR count). The second-order valence-electron chi connectivity index (χ2n) is 6.91. The van der Waals surface area contributed by atoms with E-state index >= 15 is 0 Å². The average molecular weight is 343 g/mol. The monoisotopic (exact) mass is 343 g/mol. The zero-order valence-electron chi connectivity index (χ0n) is 15.1. The quantitative estimate of drug-likeness (QED) is 0.829. The van der Waals surface area contributed by atoms with E-state index in [0.29, 0.717) is 24.6 Å². The van der Waals surface area contributed by atoms with E-state index in [1.807, 2.05) is 31.7 Å². The Morgan fingerprint density at radius 2 is 2.24 bits per heavy atom. The zero-order valence-corrected chi connectivity index (χ0v) is 15.1. The maximum Gasteiger partial charge on any atom is 0.227 e. The number of likely N-dealkylation sites (tertiary alicyclic amines) is 1. The highest BCUT2D eigenvalue weighted by Crippen LogP contribution is 2.26. The Balaban J connectivity index is 1.56. The standard InChI is InChI=1S/C18H25N5O2/c1-12(2)18-21-16(25-22-18)6-7-17(24)23-10-4-5-14(11-23)15-8-9-19-13(3)20-15/h8-9,12,14H,4-7,10-11H2,1-3H3/t14-/m0/s1. The second kappa shape index (κ2) is 7.72. The van der Waals surface area contributed by atoms with Crippen LogP contribution in [-0.2, 0) is 11.2 Å². The van der Waals surface area contributed by atoms with Crippen molar-refractivity contribution in [2.75, 3.05) is 13.1 Å². The molecular formula is C18H25N5O2. The largest absolute Gasteiger partial charge is 0.342 e. The summed E-state index contributed by atoms with van der Waals surface area (Å²) in [6.07, 6.45) is 4.74. The predicted octanol–water partition coefficient (Wildman–Crippen LogP) is 2.63. The van der Waals surface area contributed by atoms with Crippen molar-refractivity contribution in [3.8, 4) is 0 Å². The molecule has 0 spiro atoms. The summed E-state index contributed by atoms with van der Waals surface area (Å²) >= 11 is 0. The molecule has 7 nitrogen and oxygen atoms in total. The second-order valence-corrected chi connectivity index (χ2v) is 6.91. The fraction of sp³-hybridized carbons (Fsp3) is 0.611. The molecule has 0 saturated carbocycles. The minimum absolute atomic E-state index is 0.139. The molecule has 7 heteroatoms. The van der Waals surface area contributed by atoms with Gasteiger partial charge in [0.1, 0.15) is 5.82 Å². The lowest BCUT2D eigenvalue weighted by molar-refractivity contribution is -0.132. The van der Waals surface area contributed by atoms with Gasteiger partial charge in [0, 0.05) is 49.7 Å². The van der Waals surface area contributed by atoms with Gasteiger partial charge in [-0.15, -0.1) is 0 Å². The average Bonchev–Trinajstić information content (AvgIpc) is 3.09. The Morgan fingerprint density at radius 1 is 1.40 bits per heavy atom. The summed E-state index contributed by atoms with van der Waals surface area (Å²) in [5.74, 6) is 2.66. The molecule has 0 aromatic carbocycles. The lowest BCUT2D eigenvalue weighted by Crippen LogP contribution is -2.39. The highest BCUT2D eigenvalue weighted by Gasteiger charge is 2.26. The lowest BCUT2D eigenvalue weighted by Gasteiger charge is -2.32. The number of piperidine rings is 1. The maximum absolute atomic E-state index is 12.6. The van der Waals surface area contributed by atoms with Crippen LogP contribution in [0.1, 0.15) is 68.2 Å². The Bertz CT molecular complexity index is 728. The molecule has 1 atom stereocenters. The Hall–Kier alpha value is -2.31. The molecule has 1 aliphatic rings. The summed E-state index contributed by atoms with van der Waals surface area (Å²) < 4.78 is 5.22. The first kappa shape index (κ1) is 17.5. The van der Waals surface area contributed by atoms with Crippen LogP contribution in [0, 0.1) is 6.92 Å². The van der Waals surface area contributed by atoms with Gasteiger partial charge >= 0.3 is 0 Å². The number of carbonyl (C=O) groups excluding carboxylic acids is 1. The van der Waals surface area contributed by atoms with Gasteiger partial charge in [0.05, 0.1) is 0 Å². The molecule has 0 unspecified atom stereocenters. The zero-order chi connectivity index (χ0) is 17.8. The van der Waals surface area contributed by atoms with Crippen molar-refractivity contribution in [2.24, 2.45) is 0 Å². The van der Waals surface area contributed by atoms with E-state index in [4.69, 9.17) is 4.52 Å². The SMILES string of the molecule is Cc1nccc([C@H]2CCCN(C(=O)CCc3nc(C(C)C)no3)C2)n1. The van der Waals surface area contributed by atoms with Crippen LogP contribution in [-0.4, -0.2) is 44.0 Å². The van der Waals surface area contributed by atoms with Gasteiger partial charge < -0.3 is 9.42 Å². The van der Waals surface area contributed by atoms with Gasteiger partial charge in [-0.05, 0) is 25.8 Å². The number of aryl methyl sites for hydroxylation is 2. The van der Waals surface area contributed by atoms with Crippen molar-refractivity contribution in [2.45, 2.75) is 58.3 Å². The normalized spacial score (nSPS) is 17.9. The van der Waals surface area contributed by atoms with E-state index in [-0.39, 0.29) is 17.7 Å². The van der Waals surface area contributed by atoms with E-state index in [1.54, 1.807) is 6.20 Å². The van der Waals surface area contributed by atoms with Gasteiger partial charge in [-0.25, -0.2) is 9.97 Å². The molecule has 134 valence electrons. The molecular weight excluding hydrogens is 318 g/mol. The third-order valence-corrected chi connectivity index (χ3v) is 4.54. The van der Waals surface area contributed by atoms with Gasteiger partial charge in [0.25, 0.3) is 0 Å². The topological polar surface area (TPSA) is 85.0 Å². The van der Waals surface area contributed by atoms with Crippen LogP contribution in [0.3, 0.4) is 0 Å². The van der Waals surface area contributed by atoms with E-state index in [1.165, 1.54) is 0 Å². The van der Waals surface area contributed by atoms with Crippen molar-refractivity contribution in [1.82, 2.24) is 25.0 Å². The molecule has 0 N–H and O–H groups in total. The Morgan fingerprint density at radius 3 is 2.96 bits per heavy atom. The summed E-state index contributed by atoms with van der Waals surface area (Å²) in [6, 6.07) is 1.96. The van der Waals surface area contributed by atoms with Crippen molar-refractivity contribution >= 4 is 5.91 Å². The van der Waals surface area contributed by atoms with Gasteiger partial charge in [-0.3, -0.25) is 4.79 Å². The number of aromatic nitrogens is 4. The van der Waals surface area contributed by atoms with Crippen LogP contribution in [0.4, 0.5) is 0 Å². The third kappa shape index (κ3) is 4.41. The molecule has 25 heavy (non-hydrogen) atoms. The highest BCUT2D eigenvalue weighted by atomic mass is 16.5. The fourth-order valence-electron chi connectivity index (χ4n) is 3.12. The molecule has 0 radical (unpaired) electrons. The van der Waals surface area contributed by atoms with E-state index in [2.05, 4.69) is 20.1 Å². The van der Waals surface area contributed by atoms with Gasteiger partial charge in [-0.1, -0.05) is 19.0 Å². The van der Waals surface area contributed by atoms with Crippen molar-refractivity contribution in [1.29, 1.82) is 0 Å². The summed E-state index contributed by atoms with van der Waals surface area (Å²) in [7, 11) is 0. The first-order valence-corrected chi connectivity index (χ1v) is 8.92. The first-order valence-electron chi connectivity index (χ1n) is 8.92. The van der Waals surface area contributed by atoms with Gasteiger partial charge in [0.2, 0.25) is 11.8 Å². The third-order valence-electron chi connectivity index (χ3n) is 4.54. The summed E-state index contributed by atoms with van der Waals surface area (Å²) in [5.41, 5.74) is 1.03. The molecule has 3 heterocycles. The van der Waals surface area contributed by atoms with Crippen LogP contribution in [0.5, 0.6) is 0 Å². The van der Waals surface area contributed by atoms with Crippen molar-refractivity contribution in [3.63, 3.8) is 0 Å². The molecule has 1 aliphatic heterocycles. The molecule has 0 aliphatic carbocycles. The fourth-order valence-corrected chi connectivity index (χ4v) is 3.12. The van der Waals surface area contributed by atoms with Crippen LogP contribution in [0.2, 0.25) is 0 Å². The first-order chi connectivity index (χ1) is 12.0. The molecule has 2 aromatic heterocycles. The Labute approximate surface area is 147 Å². The minimum atomic E-state index is 0.139. The van der Waals surface area contributed by atoms with E-state index < -0.39 is 0 Å². The molecule has 1 fully saturated rings. The summed E-state index contributed by atoms with van der Waals surface area (Å²) in [6.45, 7) is 7.45.